The van der Waals surface area contributed by atoms with Crippen molar-refractivity contribution in [3.05, 3.63) is 88.7 Å². The predicted octanol–water partition coefficient (Wildman–Crippen LogP) is 4.56. The van der Waals surface area contributed by atoms with Gasteiger partial charge in [-0.1, -0.05) is 23.5 Å². The van der Waals surface area contributed by atoms with E-state index >= 15 is 0 Å². The summed E-state index contributed by atoms with van der Waals surface area (Å²) in [5.74, 6) is -1.61. The summed E-state index contributed by atoms with van der Waals surface area (Å²) in [6.45, 7) is 2.97. The fourth-order valence-corrected chi connectivity index (χ4v) is 5.49. The molecule has 0 unspecified atom stereocenters. The van der Waals surface area contributed by atoms with Gasteiger partial charge in [0.15, 0.2) is 4.80 Å². The van der Waals surface area contributed by atoms with Gasteiger partial charge < -0.3 is 9.30 Å². The Balaban J connectivity index is 1.66. The van der Waals surface area contributed by atoms with Crippen molar-refractivity contribution in [1.82, 2.24) is 4.57 Å². The summed E-state index contributed by atoms with van der Waals surface area (Å²) in [5, 5.41) is 0. The van der Waals surface area contributed by atoms with Crippen LogP contribution in [-0.2, 0) is 21.3 Å². The van der Waals surface area contributed by atoms with Crippen LogP contribution in [0.15, 0.2) is 76.6 Å². The molecule has 0 aliphatic carbocycles. The molecule has 1 amide bonds. The number of sulfonamides is 1. The second kappa shape index (κ2) is 10.5. The summed E-state index contributed by atoms with van der Waals surface area (Å²) in [6, 6.07) is 14.9. The molecule has 7 nitrogen and oxygen atoms in total. The monoisotopic (exact) mass is 517 g/mol. The van der Waals surface area contributed by atoms with Gasteiger partial charge >= 0.3 is 0 Å². The van der Waals surface area contributed by atoms with Crippen molar-refractivity contribution in [2.75, 3.05) is 17.9 Å². The molecule has 0 aliphatic rings. The van der Waals surface area contributed by atoms with E-state index in [1.165, 1.54) is 41.7 Å². The number of para-hydroxylation sites is 1. The third-order valence-electron chi connectivity index (χ3n) is 5.00. The Labute approximate surface area is 204 Å². The number of halogens is 2. The van der Waals surface area contributed by atoms with Crippen LogP contribution in [0.3, 0.4) is 0 Å². The first-order chi connectivity index (χ1) is 16.8. The topological polar surface area (TPSA) is 89.8 Å². The first kappa shape index (κ1) is 24.7. The molecule has 1 N–H and O–H groups in total. The summed E-state index contributed by atoms with van der Waals surface area (Å²) in [6.07, 6.45) is 0. The number of thiazole rings is 1. The van der Waals surface area contributed by atoms with Crippen LogP contribution < -0.4 is 9.52 Å². The van der Waals surface area contributed by atoms with Crippen LogP contribution in [0.4, 0.5) is 14.5 Å². The average Bonchev–Trinajstić information content (AvgIpc) is 3.17. The quantitative estimate of drug-likeness (QED) is 0.347. The van der Waals surface area contributed by atoms with E-state index in [4.69, 9.17) is 4.74 Å². The van der Waals surface area contributed by atoms with Crippen molar-refractivity contribution >= 4 is 43.2 Å². The van der Waals surface area contributed by atoms with Gasteiger partial charge in [0.25, 0.3) is 15.9 Å². The van der Waals surface area contributed by atoms with Gasteiger partial charge in [0, 0.05) is 24.4 Å². The van der Waals surface area contributed by atoms with E-state index < -0.39 is 27.6 Å². The fraction of sp³-hybridized carbons (Fsp3) is 0.167. The van der Waals surface area contributed by atoms with Crippen LogP contribution in [0.5, 0.6) is 0 Å². The number of aromatic nitrogens is 1. The lowest BCUT2D eigenvalue weighted by Gasteiger charge is -2.09. The molecular weight excluding hydrogens is 496 g/mol. The predicted molar refractivity (Wildman–Crippen MR) is 130 cm³/mol. The second-order valence-corrected chi connectivity index (χ2v) is 10.1. The Morgan fingerprint density at radius 1 is 1.09 bits per heavy atom. The largest absolute Gasteiger partial charge is 0.380 e. The number of rotatable bonds is 8. The van der Waals surface area contributed by atoms with E-state index in [1.54, 1.807) is 16.7 Å². The van der Waals surface area contributed by atoms with E-state index in [0.717, 1.165) is 24.3 Å². The standard InChI is InChI=1S/C24H21F2N3O4S2/c1-2-33-14-13-29-22-20(26)7-4-8-21(22)34-24(29)27-23(30)16-5-3-6-18(15-16)28-35(31,32)19-11-9-17(25)10-12-19/h3-12,15,28H,2,13-14H2,1H3. The fourth-order valence-electron chi connectivity index (χ4n) is 3.37. The maximum Gasteiger partial charge on any atom is 0.279 e. The molecular formula is C24H21F2N3O4S2. The molecule has 0 saturated carbocycles. The lowest BCUT2D eigenvalue weighted by molar-refractivity contribution is 0.0996. The van der Waals surface area contributed by atoms with E-state index in [1.807, 2.05) is 6.92 Å². The Morgan fingerprint density at radius 3 is 2.57 bits per heavy atom. The highest BCUT2D eigenvalue weighted by Gasteiger charge is 2.16. The van der Waals surface area contributed by atoms with Crippen LogP contribution in [0, 0.1) is 11.6 Å². The van der Waals surface area contributed by atoms with Gasteiger partial charge in [-0.3, -0.25) is 9.52 Å². The van der Waals surface area contributed by atoms with Crippen LogP contribution >= 0.6 is 11.3 Å². The van der Waals surface area contributed by atoms with Gasteiger partial charge in [0.2, 0.25) is 0 Å². The van der Waals surface area contributed by atoms with E-state index in [0.29, 0.717) is 34.8 Å². The summed E-state index contributed by atoms with van der Waals surface area (Å²) < 4.78 is 62.9. The number of nitrogens with one attached hydrogen (secondary N) is 1. The Kier molecular flexibility index (Phi) is 7.39. The van der Waals surface area contributed by atoms with Crippen LogP contribution in [-0.4, -0.2) is 32.1 Å². The maximum absolute atomic E-state index is 14.5. The lowest BCUT2D eigenvalue weighted by atomic mass is 10.2. The highest BCUT2D eigenvalue weighted by molar-refractivity contribution is 7.92. The molecule has 1 aromatic heterocycles. The summed E-state index contributed by atoms with van der Waals surface area (Å²) in [7, 11) is -3.99. The van der Waals surface area contributed by atoms with Gasteiger partial charge in [0.05, 0.1) is 21.7 Å². The maximum atomic E-state index is 14.5. The molecule has 0 atom stereocenters. The number of carbonyl (C=O) groups is 1. The molecule has 182 valence electrons. The van der Waals surface area contributed by atoms with E-state index in [2.05, 4.69) is 9.71 Å². The molecule has 0 spiro atoms. The highest BCUT2D eigenvalue weighted by Crippen LogP contribution is 2.21. The van der Waals surface area contributed by atoms with Crippen molar-refractivity contribution in [2.24, 2.45) is 4.99 Å². The molecule has 0 radical (unpaired) electrons. The smallest absolute Gasteiger partial charge is 0.279 e. The second-order valence-electron chi connectivity index (χ2n) is 7.38. The zero-order valence-corrected chi connectivity index (χ0v) is 20.2. The molecule has 4 aromatic rings. The van der Waals surface area contributed by atoms with Gasteiger partial charge in [-0.2, -0.15) is 4.99 Å². The molecule has 0 saturated heterocycles. The van der Waals surface area contributed by atoms with Crippen molar-refractivity contribution in [3.8, 4) is 0 Å². The SMILES string of the molecule is CCOCCn1c(=NC(=O)c2cccc(NS(=O)(=O)c3ccc(F)cc3)c2)sc2cccc(F)c21. The normalized spacial score (nSPS) is 12.3. The van der Waals surface area contributed by atoms with Gasteiger partial charge in [-0.25, -0.2) is 17.2 Å². The van der Waals surface area contributed by atoms with Crippen molar-refractivity contribution in [1.29, 1.82) is 0 Å². The minimum absolute atomic E-state index is 0.122. The summed E-state index contributed by atoms with van der Waals surface area (Å²) in [5.41, 5.74) is 0.616. The Bertz CT molecular complexity index is 1550. The van der Waals surface area contributed by atoms with Gasteiger partial charge in [-0.05, 0) is 61.5 Å². The van der Waals surface area contributed by atoms with Crippen LogP contribution in [0.25, 0.3) is 10.2 Å². The molecule has 1 heterocycles. The Hall–Kier alpha value is -3.41. The summed E-state index contributed by atoms with van der Waals surface area (Å²) in [4.78, 5) is 17.3. The van der Waals surface area contributed by atoms with Gasteiger partial charge in [-0.15, -0.1) is 0 Å². The molecule has 0 aliphatic heterocycles. The first-order valence-corrected chi connectivity index (χ1v) is 12.9. The third-order valence-corrected chi connectivity index (χ3v) is 7.44. The lowest BCUT2D eigenvalue weighted by Crippen LogP contribution is -2.20. The van der Waals surface area contributed by atoms with Crippen LogP contribution in [0.1, 0.15) is 17.3 Å². The number of amides is 1. The number of hydrogen-bond acceptors (Lipinski definition) is 5. The van der Waals surface area contributed by atoms with Crippen molar-refractivity contribution in [3.63, 3.8) is 0 Å². The molecule has 4 rings (SSSR count). The number of nitrogens with zero attached hydrogens (tertiary/aromatic N) is 2. The molecule has 3 aromatic carbocycles. The minimum atomic E-state index is -3.99. The zero-order chi connectivity index (χ0) is 25.0. The van der Waals surface area contributed by atoms with E-state index in [9.17, 15) is 22.0 Å². The molecule has 11 heteroatoms. The molecule has 35 heavy (non-hydrogen) atoms. The number of anilines is 1. The van der Waals surface area contributed by atoms with E-state index in [-0.39, 0.29) is 16.1 Å². The minimum Gasteiger partial charge on any atom is -0.380 e. The average molecular weight is 518 g/mol. The number of benzene rings is 3. The highest BCUT2D eigenvalue weighted by atomic mass is 32.2. The number of fused-ring (bicyclic) bond motifs is 1. The number of ether oxygens (including phenoxy) is 1. The zero-order valence-electron chi connectivity index (χ0n) is 18.6. The molecule has 0 bridgehead atoms. The first-order valence-electron chi connectivity index (χ1n) is 10.6. The van der Waals surface area contributed by atoms with Gasteiger partial charge in [0.1, 0.15) is 11.6 Å². The van der Waals surface area contributed by atoms with Crippen molar-refractivity contribution < 1.29 is 26.7 Å². The molecule has 0 fully saturated rings. The number of carbonyl (C=O) groups excluding carboxylic acids is 1. The van der Waals surface area contributed by atoms with Crippen LogP contribution in [0.2, 0.25) is 0 Å². The Morgan fingerprint density at radius 2 is 1.83 bits per heavy atom. The summed E-state index contributed by atoms with van der Waals surface area (Å²) >= 11 is 1.17. The number of hydrogen-bond donors (Lipinski definition) is 1. The third kappa shape index (κ3) is 5.64. The van der Waals surface area contributed by atoms with Crippen molar-refractivity contribution in [2.45, 2.75) is 18.4 Å².